The first kappa shape index (κ1) is 10.8. The van der Waals surface area contributed by atoms with Crippen LogP contribution in [0.25, 0.3) is 0 Å². The Balaban J connectivity index is 1.96. The molecule has 2 rings (SSSR count). The summed E-state index contributed by atoms with van der Waals surface area (Å²) < 4.78 is 0. The zero-order valence-electron chi connectivity index (χ0n) is 8.56. The van der Waals surface area contributed by atoms with Gasteiger partial charge in [0.2, 0.25) is 0 Å². The standard InChI is InChI=1S/C10H15ClN4/c11-10-9(13-2-3-14-10)7-15-4-1-8(5-12)6-15/h2-3,8H,1,4-7,12H2/t8-/m0/s1. The van der Waals surface area contributed by atoms with Crippen LogP contribution in [0.4, 0.5) is 0 Å². The Bertz CT molecular complexity index is 331. The van der Waals surface area contributed by atoms with E-state index < -0.39 is 0 Å². The minimum atomic E-state index is 0.508. The Hall–Kier alpha value is -0.710. The third kappa shape index (κ3) is 2.65. The Kier molecular flexibility index (Phi) is 3.51. The molecule has 1 aliphatic rings. The van der Waals surface area contributed by atoms with Crippen molar-refractivity contribution in [3.05, 3.63) is 23.2 Å². The fourth-order valence-electron chi connectivity index (χ4n) is 1.92. The molecule has 1 fully saturated rings. The number of nitrogens with two attached hydrogens (primary N) is 1. The molecule has 5 heteroatoms. The predicted octanol–water partition coefficient (Wildman–Crippen LogP) is 0.911. The molecule has 0 spiro atoms. The lowest BCUT2D eigenvalue weighted by Crippen LogP contribution is -2.23. The highest BCUT2D eigenvalue weighted by atomic mass is 35.5. The molecule has 1 saturated heterocycles. The third-order valence-corrected chi connectivity index (χ3v) is 3.12. The molecule has 2 heterocycles. The van der Waals surface area contributed by atoms with Gasteiger partial charge in [-0.05, 0) is 25.4 Å². The maximum Gasteiger partial charge on any atom is 0.151 e. The molecule has 2 N–H and O–H groups in total. The lowest BCUT2D eigenvalue weighted by atomic mass is 10.1. The minimum absolute atomic E-state index is 0.508. The Morgan fingerprint density at radius 2 is 2.27 bits per heavy atom. The first-order valence-electron chi connectivity index (χ1n) is 5.17. The summed E-state index contributed by atoms with van der Waals surface area (Å²) in [6.45, 7) is 3.67. The van der Waals surface area contributed by atoms with Gasteiger partial charge in [-0.3, -0.25) is 9.88 Å². The molecule has 0 unspecified atom stereocenters. The summed E-state index contributed by atoms with van der Waals surface area (Å²) in [5, 5.41) is 0.508. The Labute approximate surface area is 94.5 Å². The maximum atomic E-state index is 5.95. The van der Waals surface area contributed by atoms with Crippen LogP contribution in [0.5, 0.6) is 0 Å². The van der Waals surface area contributed by atoms with E-state index in [0.29, 0.717) is 11.1 Å². The molecule has 0 aliphatic carbocycles. The van der Waals surface area contributed by atoms with Gasteiger partial charge in [0.05, 0.1) is 5.69 Å². The van der Waals surface area contributed by atoms with Crippen LogP contribution in [0.2, 0.25) is 5.15 Å². The van der Waals surface area contributed by atoms with Gasteiger partial charge in [-0.25, -0.2) is 4.98 Å². The van der Waals surface area contributed by atoms with Crippen molar-refractivity contribution in [1.29, 1.82) is 0 Å². The van der Waals surface area contributed by atoms with Crippen LogP contribution < -0.4 is 5.73 Å². The van der Waals surface area contributed by atoms with Crippen molar-refractivity contribution >= 4 is 11.6 Å². The van der Waals surface area contributed by atoms with Gasteiger partial charge in [0.15, 0.2) is 5.15 Å². The van der Waals surface area contributed by atoms with Crippen LogP contribution in [0, 0.1) is 5.92 Å². The third-order valence-electron chi connectivity index (χ3n) is 2.80. The average Bonchev–Trinajstić information content (AvgIpc) is 2.69. The van der Waals surface area contributed by atoms with E-state index in [1.807, 2.05) is 0 Å². The minimum Gasteiger partial charge on any atom is -0.330 e. The van der Waals surface area contributed by atoms with Gasteiger partial charge in [-0.2, -0.15) is 0 Å². The van der Waals surface area contributed by atoms with Crippen molar-refractivity contribution in [2.45, 2.75) is 13.0 Å². The van der Waals surface area contributed by atoms with E-state index in [1.54, 1.807) is 12.4 Å². The fourth-order valence-corrected chi connectivity index (χ4v) is 2.08. The smallest absolute Gasteiger partial charge is 0.151 e. The van der Waals surface area contributed by atoms with Crippen LogP contribution in [0.15, 0.2) is 12.4 Å². The van der Waals surface area contributed by atoms with Crippen LogP contribution in [0.1, 0.15) is 12.1 Å². The number of halogens is 1. The predicted molar refractivity (Wildman–Crippen MR) is 59.5 cm³/mol. The summed E-state index contributed by atoms with van der Waals surface area (Å²) in [6, 6.07) is 0. The van der Waals surface area contributed by atoms with E-state index in [4.69, 9.17) is 17.3 Å². The molecule has 0 bridgehead atoms. The monoisotopic (exact) mass is 226 g/mol. The first-order chi connectivity index (χ1) is 7.29. The van der Waals surface area contributed by atoms with E-state index in [9.17, 15) is 0 Å². The first-order valence-corrected chi connectivity index (χ1v) is 5.55. The summed E-state index contributed by atoms with van der Waals surface area (Å²) in [5.41, 5.74) is 6.50. The number of aromatic nitrogens is 2. The molecule has 1 atom stereocenters. The molecule has 0 radical (unpaired) electrons. The van der Waals surface area contributed by atoms with Crippen LogP contribution in [0.3, 0.4) is 0 Å². The number of nitrogens with zero attached hydrogens (tertiary/aromatic N) is 3. The maximum absolute atomic E-state index is 5.95. The van der Waals surface area contributed by atoms with Gasteiger partial charge in [-0.1, -0.05) is 11.6 Å². The topological polar surface area (TPSA) is 55.0 Å². The quantitative estimate of drug-likeness (QED) is 0.833. The molecule has 1 aromatic rings. The van der Waals surface area contributed by atoms with Crippen molar-refractivity contribution in [3.8, 4) is 0 Å². The zero-order chi connectivity index (χ0) is 10.7. The molecule has 1 aliphatic heterocycles. The van der Waals surface area contributed by atoms with Crippen LogP contribution in [-0.4, -0.2) is 34.5 Å². The van der Waals surface area contributed by atoms with E-state index in [2.05, 4.69) is 14.9 Å². The molecule has 82 valence electrons. The van der Waals surface area contributed by atoms with Gasteiger partial charge in [0.25, 0.3) is 0 Å². The molecule has 1 aromatic heterocycles. The highest BCUT2D eigenvalue weighted by Gasteiger charge is 2.22. The molecule has 15 heavy (non-hydrogen) atoms. The number of likely N-dealkylation sites (tertiary alicyclic amines) is 1. The highest BCUT2D eigenvalue weighted by Crippen LogP contribution is 2.19. The molecular weight excluding hydrogens is 212 g/mol. The molecular formula is C10H15ClN4. The number of hydrogen-bond donors (Lipinski definition) is 1. The van der Waals surface area contributed by atoms with Crippen molar-refractivity contribution in [2.24, 2.45) is 11.7 Å². The Morgan fingerprint density at radius 1 is 1.47 bits per heavy atom. The van der Waals surface area contributed by atoms with Crippen molar-refractivity contribution in [3.63, 3.8) is 0 Å². The van der Waals surface area contributed by atoms with Gasteiger partial charge < -0.3 is 5.73 Å². The molecule has 0 aromatic carbocycles. The SMILES string of the molecule is NC[C@@H]1CCN(Cc2nccnc2Cl)C1. The van der Waals surface area contributed by atoms with Gasteiger partial charge in [-0.15, -0.1) is 0 Å². The molecule has 4 nitrogen and oxygen atoms in total. The summed E-state index contributed by atoms with van der Waals surface area (Å²) in [7, 11) is 0. The van der Waals surface area contributed by atoms with Crippen molar-refractivity contribution in [1.82, 2.24) is 14.9 Å². The summed E-state index contributed by atoms with van der Waals surface area (Å²) in [6.07, 6.45) is 4.46. The van der Waals surface area contributed by atoms with Gasteiger partial charge in [0.1, 0.15) is 0 Å². The van der Waals surface area contributed by atoms with Gasteiger partial charge in [0, 0.05) is 25.5 Å². The second kappa shape index (κ2) is 4.88. The van der Waals surface area contributed by atoms with Crippen LogP contribution >= 0.6 is 11.6 Å². The molecule has 0 amide bonds. The number of hydrogen-bond acceptors (Lipinski definition) is 4. The largest absolute Gasteiger partial charge is 0.330 e. The zero-order valence-corrected chi connectivity index (χ0v) is 9.32. The normalized spacial score (nSPS) is 22.1. The summed E-state index contributed by atoms with van der Waals surface area (Å²) in [4.78, 5) is 10.6. The summed E-state index contributed by atoms with van der Waals surface area (Å²) >= 11 is 5.95. The van der Waals surface area contributed by atoms with Crippen LogP contribution in [-0.2, 0) is 6.54 Å². The Morgan fingerprint density at radius 3 is 2.93 bits per heavy atom. The second-order valence-electron chi connectivity index (χ2n) is 3.92. The van der Waals surface area contributed by atoms with E-state index >= 15 is 0 Å². The van der Waals surface area contributed by atoms with Crippen molar-refractivity contribution in [2.75, 3.05) is 19.6 Å². The van der Waals surface area contributed by atoms with Gasteiger partial charge >= 0.3 is 0 Å². The number of rotatable bonds is 3. The molecule has 0 saturated carbocycles. The lowest BCUT2D eigenvalue weighted by Gasteiger charge is -2.15. The van der Waals surface area contributed by atoms with Crippen molar-refractivity contribution < 1.29 is 0 Å². The van der Waals surface area contributed by atoms with E-state index in [0.717, 1.165) is 31.9 Å². The van der Waals surface area contributed by atoms with E-state index in [-0.39, 0.29) is 0 Å². The second-order valence-corrected chi connectivity index (χ2v) is 4.28. The fraction of sp³-hybridized carbons (Fsp3) is 0.600. The lowest BCUT2D eigenvalue weighted by molar-refractivity contribution is 0.313. The summed E-state index contributed by atoms with van der Waals surface area (Å²) in [5.74, 6) is 0.625. The van der Waals surface area contributed by atoms with E-state index in [1.165, 1.54) is 6.42 Å². The average molecular weight is 227 g/mol. The highest BCUT2D eigenvalue weighted by molar-refractivity contribution is 6.29.